The Morgan fingerprint density at radius 2 is 1.62 bits per heavy atom. The lowest BCUT2D eigenvalue weighted by Gasteiger charge is -2.46. The Morgan fingerprint density at radius 1 is 0.905 bits per heavy atom. The molecule has 3 rings (SSSR count). The van der Waals surface area contributed by atoms with Crippen LogP contribution in [0.4, 0.5) is 0 Å². The van der Waals surface area contributed by atoms with Crippen molar-refractivity contribution in [2.24, 2.45) is 35.4 Å². The molecule has 2 heteroatoms. The summed E-state index contributed by atoms with van der Waals surface area (Å²) in [5.74, 6) is 10.8. The molecule has 3 aliphatic rings. The Hall–Kier alpha value is -0.0800. The first-order valence-corrected chi connectivity index (χ1v) is 9.79. The number of fused-ring (bicyclic) bond motifs is 1. The van der Waals surface area contributed by atoms with Crippen LogP contribution in [0, 0.1) is 29.6 Å². The van der Waals surface area contributed by atoms with E-state index in [2.05, 4.69) is 12.3 Å². The van der Waals surface area contributed by atoms with Gasteiger partial charge in [0.05, 0.1) is 0 Å². The number of rotatable bonds is 4. The molecule has 21 heavy (non-hydrogen) atoms. The lowest BCUT2D eigenvalue weighted by atomic mass is 9.62. The second kappa shape index (κ2) is 7.46. The SMILES string of the molecule is CCC1CCCCC1C(NN)C1CCC2CCCCC2C1. The minimum atomic E-state index is 0.595. The lowest BCUT2D eigenvalue weighted by Crippen LogP contribution is -2.51. The Balaban J connectivity index is 1.65. The van der Waals surface area contributed by atoms with Crippen LogP contribution in [0.3, 0.4) is 0 Å². The van der Waals surface area contributed by atoms with Gasteiger partial charge >= 0.3 is 0 Å². The van der Waals surface area contributed by atoms with Crippen LogP contribution < -0.4 is 11.3 Å². The summed E-state index contributed by atoms with van der Waals surface area (Å²) in [6.45, 7) is 2.38. The summed E-state index contributed by atoms with van der Waals surface area (Å²) >= 11 is 0. The molecule has 0 radical (unpaired) electrons. The maximum absolute atomic E-state index is 6.07. The molecule has 3 aliphatic carbocycles. The number of hydrogen-bond acceptors (Lipinski definition) is 2. The standard InChI is InChI=1S/C19H36N2/c1-2-14-7-5-6-10-18(14)19(21-20)17-12-11-15-8-3-4-9-16(15)13-17/h14-19,21H,2-13,20H2,1H3. The van der Waals surface area contributed by atoms with Crippen molar-refractivity contribution >= 4 is 0 Å². The van der Waals surface area contributed by atoms with Crippen LogP contribution in [-0.2, 0) is 0 Å². The number of hydrogen-bond donors (Lipinski definition) is 2. The predicted molar refractivity (Wildman–Crippen MR) is 89.6 cm³/mol. The van der Waals surface area contributed by atoms with E-state index in [-0.39, 0.29) is 0 Å². The first-order chi connectivity index (χ1) is 10.3. The van der Waals surface area contributed by atoms with E-state index in [0.29, 0.717) is 6.04 Å². The fraction of sp³-hybridized carbons (Fsp3) is 1.00. The molecule has 3 fully saturated rings. The molecule has 0 saturated heterocycles. The van der Waals surface area contributed by atoms with E-state index < -0.39 is 0 Å². The van der Waals surface area contributed by atoms with Gasteiger partial charge in [0, 0.05) is 6.04 Å². The largest absolute Gasteiger partial charge is 0.271 e. The third-order valence-corrected chi connectivity index (χ3v) is 7.23. The van der Waals surface area contributed by atoms with Crippen molar-refractivity contribution in [3.8, 4) is 0 Å². The van der Waals surface area contributed by atoms with Crippen LogP contribution in [0.5, 0.6) is 0 Å². The lowest BCUT2D eigenvalue weighted by molar-refractivity contribution is 0.0658. The Kier molecular flexibility index (Phi) is 5.61. The van der Waals surface area contributed by atoms with Crippen molar-refractivity contribution in [3.63, 3.8) is 0 Å². The van der Waals surface area contributed by atoms with Gasteiger partial charge in [-0.1, -0.05) is 58.3 Å². The maximum atomic E-state index is 6.07. The zero-order chi connectivity index (χ0) is 14.7. The highest BCUT2D eigenvalue weighted by Gasteiger charge is 2.40. The highest BCUT2D eigenvalue weighted by atomic mass is 15.2. The smallest absolute Gasteiger partial charge is 0.0269 e. The molecule has 0 aromatic heterocycles. The van der Waals surface area contributed by atoms with Crippen LogP contribution in [-0.4, -0.2) is 6.04 Å². The Bertz CT molecular complexity index is 317. The fourth-order valence-corrected chi connectivity index (χ4v) is 6.06. The minimum absolute atomic E-state index is 0.595. The van der Waals surface area contributed by atoms with Gasteiger partial charge in [-0.05, 0) is 55.3 Å². The zero-order valence-electron chi connectivity index (χ0n) is 14.0. The van der Waals surface area contributed by atoms with E-state index in [9.17, 15) is 0 Å². The molecule has 122 valence electrons. The second-order valence-electron chi connectivity index (χ2n) is 8.19. The zero-order valence-corrected chi connectivity index (χ0v) is 14.0. The normalized spacial score (nSPS) is 42.3. The average molecular weight is 293 g/mol. The first kappa shape index (κ1) is 15.8. The van der Waals surface area contributed by atoms with Crippen molar-refractivity contribution < 1.29 is 0 Å². The maximum Gasteiger partial charge on any atom is 0.0269 e. The molecule has 6 atom stereocenters. The summed E-state index contributed by atoms with van der Waals surface area (Å²) in [7, 11) is 0. The topological polar surface area (TPSA) is 38.0 Å². The van der Waals surface area contributed by atoms with Crippen LogP contribution in [0.1, 0.15) is 84.0 Å². The molecule has 0 spiro atoms. The number of hydrazine groups is 1. The van der Waals surface area contributed by atoms with E-state index in [4.69, 9.17) is 5.84 Å². The molecule has 0 aromatic carbocycles. The monoisotopic (exact) mass is 292 g/mol. The third-order valence-electron chi connectivity index (χ3n) is 7.23. The Labute approximate surface area is 131 Å². The minimum Gasteiger partial charge on any atom is -0.271 e. The van der Waals surface area contributed by atoms with Gasteiger partial charge in [-0.3, -0.25) is 11.3 Å². The summed E-state index contributed by atoms with van der Waals surface area (Å²) < 4.78 is 0. The van der Waals surface area contributed by atoms with E-state index >= 15 is 0 Å². The van der Waals surface area contributed by atoms with Gasteiger partial charge in [0.1, 0.15) is 0 Å². The van der Waals surface area contributed by atoms with Gasteiger partial charge in [0.25, 0.3) is 0 Å². The summed E-state index contributed by atoms with van der Waals surface area (Å²) in [5, 5.41) is 0. The molecule has 0 aliphatic heterocycles. The average Bonchev–Trinajstić information content (AvgIpc) is 2.56. The molecular formula is C19H36N2. The van der Waals surface area contributed by atoms with Gasteiger partial charge in [0.15, 0.2) is 0 Å². The van der Waals surface area contributed by atoms with Crippen molar-refractivity contribution in [2.45, 2.75) is 90.0 Å². The predicted octanol–water partition coefficient (Wildman–Crippen LogP) is 4.64. The van der Waals surface area contributed by atoms with Gasteiger partial charge in [-0.15, -0.1) is 0 Å². The molecule has 0 amide bonds. The van der Waals surface area contributed by atoms with Crippen LogP contribution >= 0.6 is 0 Å². The third kappa shape index (κ3) is 3.47. The fourth-order valence-electron chi connectivity index (χ4n) is 6.06. The molecule has 0 bridgehead atoms. The van der Waals surface area contributed by atoms with E-state index in [1.807, 2.05) is 0 Å². The van der Waals surface area contributed by atoms with Crippen molar-refractivity contribution in [1.82, 2.24) is 5.43 Å². The van der Waals surface area contributed by atoms with E-state index in [1.54, 1.807) is 0 Å². The molecule has 6 unspecified atom stereocenters. The first-order valence-electron chi connectivity index (χ1n) is 9.79. The molecule has 0 heterocycles. The van der Waals surface area contributed by atoms with Crippen molar-refractivity contribution in [3.05, 3.63) is 0 Å². The van der Waals surface area contributed by atoms with Gasteiger partial charge in [0.2, 0.25) is 0 Å². The highest BCUT2D eigenvalue weighted by Crippen LogP contribution is 2.46. The summed E-state index contributed by atoms with van der Waals surface area (Å²) in [6.07, 6.45) is 17.4. The number of nitrogens with two attached hydrogens (primary N) is 1. The van der Waals surface area contributed by atoms with Gasteiger partial charge < -0.3 is 0 Å². The van der Waals surface area contributed by atoms with Crippen LogP contribution in [0.15, 0.2) is 0 Å². The molecular weight excluding hydrogens is 256 g/mol. The summed E-state index contributed by atoms with van der Waals surface area (Å²) in [6, 6.07) is 0.595. The summed E-state index contributed by atoms with van der Waals surface area (Å²) in [4.78, 5) is 0. The Morgan fingerprint density at radius 3 is 2.38 bits per heavy atom. The number of nitrogens with one attached hydrogen (secondary N) is 1. The molecule has 3 N–H and O–H groups in total. The highest BCUT2D eigenvalue weighted by molar-refractivity contribution is 4.93. The summed E-state index contributed by atoms with van der Waals surface area (Å²) in [5.41, 5.74) is 3.30. The molecule has 0 aromatic rings. The van der Waals surface area contributed by atoms with E-state index in [0.717, 1.165) is 29.6 Å². The molecule has 2 nitrogen and oxygen atoms in total. The second-order valence-corrected chi connectivity index (χ2v) is 8.19. The van der Waals surface area contributed by atoms with Gasteiger partial charge in [-0.2, -0.15) is 0 Å². The molecule has 3 saturated carbocycles. The van der Waals surface area contributed by atoms with Crippen LogP contribution in [0.2, 0.25) is 0 Å². The van der Waals surface area contributed by atoms with Crippen molar-refractivity contribution in [2.75, 3.05) is 0 Å². The van der Waals surface area contributed by atoms with E-state index in [1.165, 1.54) is 77.0 Å². The quantitative estimate of drug-likeness (QED) is 0.585. The van der Waals surface area contributed by atoms with Crippen molar-refractivity contribution in [1.29, 1.82) is 0 Å². The van der Waals surface area contributed by atoms with Crippen LogP contribution in [0.25, 0.3) is 0 Å². The van der Waals surface area contributed by atoms with Gasteiger partial charge in [-0.25, -0.2) is 0 Å².